The lowest BCUT2D eigenvalue weighted by Crippen LogP contribution is -2.23. The second-order valence-electron chi connectivity index (χ2n) is 3.69. The van der Waals surface area contributed by atoms with Gasteiger partial charge in [0.05, 0.1) is 5.75 Å². The standard InChI is InChI=1S/C10H9N5O4S2/c1-15-6(16)3-2-5(14-15)8(19)11-9-12-13-10(21-9)20-4-7(17)18/h2-3H,4H2,1H3,(H,17,18)(H,11,12,19). The van der Waals surface area contributed by atoms with Gasteiger partial charge < -0.3 is 5.11 Å². The maximum absolute atomic E-state index is 11.9. The number of aromatic nitrogens is 4. The molecule has 0 atom stereocenters. The fourth-order valence-electron chi connectivity index (χ4n) is 1.23. The van der Waals surface area contributed by atoms with Gasteiger partial charge in [0.15, 0.2) is 4.34 Å². The van der Waals surface area contributed by atoms with Crippen molar-refractivity contribution in [2.24, 2.45) is 7.05 Å². The van der Waals surface area contributed by atoms with E-state index in [0.29, 0.717) is 4.34 Å². The number of hydrogen-bond acceptors (Lipinski definition) is 8. The van der Waals surface area contributed by atoms with Crippen molar-refractivity contribution in [2.45, 2.75) is 4.34 Å². The molecule has 0 bridgehead atoms. The third-order valence-electron chi connectivity index (χ3n) is 2.14. The van der Waals surface area contributed by atoms with E-state index in [0.717, 1.165) is 27.8 Å². The van der Waals surface area contributed by atoms with Crippen molar-refractivity contribution in [1.82, 2.24) is 20.0 Å². The lowest BCUT2D eigenvalue weighted by molar-refractivity contribution is -0.133. The highest BCUT2D eigenvalue weighted by Gasteiger charge is 2.13. The number of hydrogen-bond donors (Lipinski definition) is 2. The number of nitrogens with one attached hydrogen (secondary N) is 1. The molecule has 0 aliphatic heterocycles. The van der Waals surface area contributed by atoms with E-state index < -0.39 is 11.9 Å². The van der Waals surface area contributed by atoms with E-state index in [1.54, 1.807) is 0 Å². The number of aryl methyl sites for hydroxylation is 1. The quantitative estimate of drug-likeness (QED) is 0.583. The molecule has 0 saturated carbocycles. The normalized spacial score (nSPS) is 10.3. The van der Waals surface area contributed by atoms with Gasteiger partial charge in [-0.1, -0.05) is 23.1 Å². The molecule has 0 fully saturated rings. The van der Waals surface area contributed by atoms with Gasteiger partial charge >= 0.3 is 5.97 Å². The number of rotatable bonds is 5. The van der Waals surface area contributed by atoms with Crippen LogP contribution in [0.1, 0.15) is 10.5 Å². The van der Waals surface area contributed by atoms with Crippen LogP contribution in [0.3, 0.4) is 0 Å². The Morgan fingerprint density at radius 1 is 1.43 bits per heavy atom. The molecule has 21 heavy (non-hydrogen) atoms. The second kappa shape index (κ2) is 6.45. The Morgan fingerprint density at radius 2 is 2.19 bits per heavy atom. The van der Waals surface area contributed by atoms with Crippen molar-refractivity contribution in [3.05, 3.63) is 28.2 Å². The second-order valence-corrected chi connectivity index (χ2v) is 5.89. The van der Waals surface area contributed by atoms with Crippen LogP contribution in [0.15, 0.2) is 21.3 Å². The number of carbonyl (C=O) groups excluding carboxylic acids is 1. The molecule has 11 heteroatoms. The lowest BCUT2D eigenvalue weighted by atomic mass is 10.4. The third kappa shape index (κ3) is 4.10. The summed E-state index contributed by atoms with van der Waals surface area (Å²) in [5.74, 6) is -1.63. The summed E-state index contributed by atoms with van der Waals surface area (Å²) < 4.78 is 1.48. The Morgan fingerprint density at radius 3 is 2.86 bits per heavy atom. The van der Waals surface area contributed by atoms with Gasteiger partial charge in [0, 0.05) is 13.1 Å². The summed E-state index contributed by atoms with van der Waals surface area (Å²) in [5, 5.41) is 22.5. The zero-order chi connectivity index (χ0) is 15.4. The van der Waals surface area contributed by atoms with E-state index in [-0.39, 0.29) is 22.1 Å². The van der Waals surface area contributed by atoms with Gasteiger partial charge in [-0.25, -0.2) is 4.68 Å². The highest BCUT2D eigenvalue weighted by atomic mass is 32.2. The van der Waals surface area contributed by atoms with Crippen molar-refractivity contribution in [2.75, 3.05) is 11.1 Å². The summed E-state index contributed by atoms with van der Waals surface area (Å²) in [6.45, 7) is 0. The van der Waals surface area contributed by atoms with E-state index in [1.807, 2.05) is 0 Å². The van der Waals surface area contributed by atoms with Crippen LogP contribution < -0.4 is 10.9 Å². The Balaban J connectivity index is 2.04. The number of thioether (sulfide) groups is 1. The van der Waals surface area contributed by atoms with Crippen LogP contribution in [-0.4, -0.2) is 42.7 Å². The van der Waals surface area contributed by atoms with Crippen LogP contribution in [0.4, 0.5) is 5.13 Å². The fourth-order valence-corrected chi connectivity index (χ4v) is 2.69. The van der Waals surface area contributed by atoms with Gasteiger partial charge in [-0.15, -0.1) is 10.2 Å². The van der Waals surface area contributed by atoms with Crippen molar-refractivity contribution in [3.8, 4) is 0 Å². The topological polar surface area (TPSA) is 127 Å². The Bertz CT molecular complexity index is 741. The van der Waals surface area contributed by atoms with Gasteiger partial charge in [-0.3, -0.25) is 19.7 Å². The highest BCUT2D eigenvalue weighted by Crippen LogP contribution is 2.25. The van der Waals surface area contributed by atoms with Crippen LogP contribution in [0, 0.1) is 0 Å². The molecule has 2 heterocycles. The number of nitrogens with zero attached hydrogens (tertiary/aromatic N) is 4. The molecule has 0 radical (unpaired) electrons. The molecular weight excluding hydrogens is 318 g/mol. The molecule has 0 aliphatic carbocycles. The smallest absolute Gasteiger partial charge is 0.313 e. The molecule has 2 N–H and O–H groups in total. The van der Waals surface area contributed by atoms with E-state index in [1.165, 1.54) is 19.2 Å². The van der Waals surface area contributed by atoms with Crippen molar-refractivity contribution in [3.63, 3.8) is 0 Å². The minimum Gasteiger partial charge on any atom is -0.481 e. The number of carboxylic acids is 1. The Hall–Kier alpha value is -2.27. The summed E-state index contributed by atoms with van der Waals surface area (Å²) in [4.78, 5) is 33.5. The molecule has 0 aliphatic rings. The van der Waals surface area contributed by atoms with Crippen molar-refractivity contribution in [1.29, 1.82) is 0 Å². The monoisotopic (exact) mass is 327 g/mol. The number of aliphatic carboxylic acids is 1. The number of carboxylic acid groups (broad SMARTS) is 1. The minimum absolute atomic E-state index is 0.0621. The highest BCUT2D eigenvalue weighted by molar-refractivity contribution is 8.01. The maximum Gasteiger partial charge on any atom is 0.313 e. The summed E-state index contributed by atoms with van der Waals surface area (Å²) in [6, 6.07) is 2.54. The zero-order valence-electron chi connectivity index (χ0n) is 10.6. The maximum atomic E-state index is 11.9. The van der Waals surface area contributed by atoms with Crippen molar-refractivity contribution >= 4 is 40.1 Å². The molecule has 2 rings (SSSR count). The summed E-state index contributed by atoms with van der Waals surface area (Å²) >= 11 is 2.06. The Kier molecular flexibility index (Phi) is 4.65. The minimum atomic E-state index is -0.963. The molecule has 0 saturated heterocycles. The first-order chi connectivity index (χ1) is 9.95. The summed E-state index contributed by atoms with van der Waals surface area (Å²) in [5.41, 5.74) is -0.262. The van der Waals surface area contributed by atoms with Crippen molar-refractivity contribution < 1.29 is 14.7 Å². The van der Waals surface area contributed by atoms with Gasteiger partial charge in [-0.05, 0) is 6.07 Å². The Labute approximate surface area is 126 Å². The van der Waals surface area contributed by atoms with Gasteiger partial charge in [-0.2, -0.15) is 5.10 Å². The molecule has 2 aromatic rings. The number of carbonyl (C=O) groups is 2. The van der Waals surface area contributed by atoms with E-state index in [4.69, 9.17) is 5.11 Å². The zero-order valence-corrected chi connectivity index (χ0v) is 12.3. The van der Waals surface area contributed by atoms with E-state index in [9.17, 15) is 14.4 Å². The summed E-state index contributed by atoms with van der Waals surface area (Å²) in [7, 11) is 1.44. The van der Waals surface area contributed by atoms with Crippen LogP contribution in [-0.2, 0) is 11.8 Å². The lowest BCUT2D eigenvalue weighted by Gasteiger charge is -2.01. The van der Waals surface area contributed by atoms with Crippen LogP contribution in [0.5, 0.6) is 0 Å². The molecule has 110 valence electrons. The number of anilines is 1. The molecule has 0 unspecified atom stereocenters. The SMILES string of the molecule is Cn1nc(C(=O)Nc2nnc(SCC(=O)O)s2)ccc1=O. The molecule has 2 aromatic heterocycles. The molecule has 9 nitrogen and oxygen atoms in total. The molecular formula is C10H9N5O4S2. The van der Waals surface area contributed by atoms with Gasteiger partial charge in [0.1, 0.15) is 5.69 Å². The third-order valence-corrected chi connectivity index (χ3v) is 4.10. The first-order valence-corrected chi connectivity index (χ1v) is 7.29. The average molecular weight is 327 g/mol. The van der Waals surface area contributed by atoms with Crippen LogP contribution in [0.25, 0.3) is 0 Å². The molecule has 1 amide bonds. The van der Waals surface area contributed by atoms with Gasteiger partial charge in [0.2, 0.25) is 5.13 Å². The van der Waals surface area contributed by atoms with Gasteiger partial charge in [0.25, 0.3) is 11.5 Å². The predicted molar refractivity (Wildman–Crippen MR) is 75.7 cm³/mol. The predicted octanol–water partition coefficient (Wildman–Crippen LogP) is 0.0608. The van der Waals surface area contributed by atoms with Crippen LogP contribution in [0.2, 0.25) is 0 Å². The van der Waals surface area contributed by atoms with E-state index in [2.05, 4.69) is 20.6 Å². The average Bonchev–Trinajstić information content (AvgIpc) is 2.87. The largest absolute Gasteiger partial charge is 0.481 e. The summed E-state index contributed by atoms with van der Waals surface area (Å²) in [6.07, 6.45) is 0. The number of amides is 1. The molecule has 0 aromatic carbocycles. The van der Waals surface area contributed by atoms with E-state index >= 15 is 0 Å². The van der Waals surface area contributed by atoms with Crippen LogP contribution >= 0.6 is 23.1 Å². The first-order valence-electron chi connectivity index (χ1n) is 5.49. The first kappa shape index (κ1) is 15.1. The fraction of sp³-hybridized carbons (Fsp3) is 0.200. The molecule has 0 spiro atoms.